The zero-order valence-corrected chi connectivity index (χ0v) is 8.27. The molecular formula is C8H16FNOS. The molecule has 1 unspecified atom stereocenters. The second kappa shape index (κ2) is 5.04. The van der Waals surface area contributed by atoms with Crippen LogP contribution in [0.5, 0.6) is 0 Å². The fraction of sp³-hybridized carbons (Fsp3) is 1.00. The van der Waals surface area contributed by atoms with Gasteiger partial charge in [0.25, 0.3) is 0 Å². The Morgan fingerprint density at radius 3 is 2.83 bits per heavy atom. The average Bonchev–Trinajstić information content (AvgIpc) is 1.93. The normalized spacial score (nSPS) is 22.2. The van der Waals surface area contributed by atoms with E-state index in [4.69, 9.17) is 4.74 Å². The van der Waals surface area contributed by atoms with Crippen molar-refractivity contribution in [3.05, 3.63) is 0 Å². The number of thiol groups is 1. The van der Waals surface area contributed by atoms with Crippen molar-refractivity contribution in [2.75, 3.05) is 26.2 Å². The lowest BCUT2D eigenvalue weighted by Crippen LogP contribution is -2.48. The lowest BCUT2D eigenvalue weighted by molar-refractivity contribution is 0.0499. The molecule has 1 heterocycles. The van der Waals surface area contributed by atoms with Crippen LogP contribution in [0, 0.1) is 0 Å². The van der Waals surface area contributed by atoms with Crippen molar-refractivity contribution in [3.8, 4) is 0 Å². The van der Waals surface area contributed by atoms with Gasteiger partial charge in [0.1, 0.15) is 6.17 Å². The fourth-order valence-corrected chi connectivity index (χ4v) is 1.34. The molecule has 1 rings (SSSR count). The van der Waals surface area contributed by atoms with E-state index in [0.29, 0.717) is 13.1 Å². The van der Waals surface area contributed by atoms with E-state index in [0.717, 1.165) is 19.6 Å². The Hall–Kier alpha value is 0.200. The fourth-order valence-electron chi connectivity index (χ4n) is 1.23. The van der Waals surface area contributed by atoms with E-state index in [1.54, 1.807) is 0 Å². The molecule has 0 amide bonds. The molecular weight excluding hydrogens is 177 g/mol. The van der Waals surface area contributed by atoms with Crippen LogP contribution in [0.4, 0.5) is 4.39 Å². The van der Waals surface area contributed by atoms with Gasteiger partial charge in [-0.2, -0.15) is 0 Å². The molecule has 1 fully saturated rings. The van der Waals surface area contributed by atoms with Crippen molar-refractivity contribution in [1.29, 1.82) is 0 Å². The van der Waals surface area contributed by atoms with E-state index in [-0.39, 0.29) is 5.44 Å². The summed E-state index contributed by atoms with van der Waals surface area (Å²) in [5.41, 5.74) is 0.00955. The first-order chi connectivity index (χ1) is 5.68. The summed E-state index contributed by atoms with van der Waals surface area (Å²) < 4.78 is 17.6. The van der Waals surface area contributed by atoms with Crippen LogP contribution in [-0.2, 0) is 4.74 Å². The van der Waals surface area contributed by atoms with Crippen molar-refractivity contribution < 1.29 is 9.13 Å². The summed E-state index contributed by atoms with van der Waals surface area (Å²) >= 11 is 4.08. The molecule has 0 aliphatic carbocycles. The SMILES string of the molecule is CC(S)OCCCN1CC(F)C1. The predicted octanol–water partition coefficient (Wildman–Crippen LogP) is 1.32. The van der Waals surface area contributed by atoms with E-state index in [1.807, 2.05) is 6.92 Å². The summed E-state index contributed by atoms with van der Waals surface area (Å²) in [7, 11) is 0. The highest BCUT2D eigenvalue weighted by Gasteiger charge is 2.24. The van der Waals surface area contributed by atoms with Crippen LogP contribution in [0.3, 0.4) is 0 Å². The maximum atomic E-state index is 12.3. The third-order valence-electron chi connectivity index (χ3n) is 1.89. The summed E-state index contributed by atoms with van der Waals surface area (Å²) in [6.45, 7) is 4.77. The van der Waals surface area contributed by atoms with E-state index in [2.05, 4.69) is 17.5 Å². The Kier molecular flexibility index (Phi) is 4.32. The van der Waals surface area contributed by atoms with Gasteiger partial charge in [0.2, 0.25) is 0 Å². The minimum Gasteiger partial charge on any atom is -0.368 e. The topological polar surface area (TPSA) is 12.5 Å². The van der Waals surface area contributed by atoms with Gasteiger partial charge < -0.3 is 4.74 Å². The van der Waals surface area contributed by atoms with E-state index >= 15 is 0 Å². The molecule has 0 aromatic rings. The smallest absolute Gasteiger partial charge is 0.125 e. The van der Waals surface area contributed by atoms with Crippen LogP contribution >= 0.6 is 12.6 Å². The molecule has 12 heavy (non-hydrogen) atoms. The van der Waals surface area contributed by atoms with Gasteiger partial charge in [-0.25, -0.2) is 4.39 Å². The molecule has 0 saturated carbocycles. The van der Waals surface area contributed by atoms with Crippen LogP contribution in [0.1, 0.15) is 13.3 Å². The summed E-state index contributed by atoms with van der Waals surface area (Å²) in [6, 6.07) is 0. The van der Waals surface area contributed by atoms with Crippen LogP contribution in [-0.4, -0.2) is 42.7 Å². The minimum atomic E-state index is -0.588. The largest absolute Gasteiger partial charge is 0.368 e. The number of ether oxygens (including phenoxy) is 1. The number of nitrogens with zero attached hydrogens (tertiary/aromatic N) is 1. The van der Waals surface area contributed by atoms with E-state index < -0.39 is 6.17 Å². The standard InChI is InChI=1S/C8H16FNOS/c1-7(12)11-4-2-3-10-5-8(9)6-10/h7-8,12H,2-6H2,1H3. The Bertz CT molecular complexity index is 128. The van der Waals surface area contributed by atoms with Crippen LogP contribution in [0.2, 0.25) is 0 Å². The molecule has 0 bridgehead atoms. The van der Waals surface area contributed by atoms with Crippen LogP contribution in [0.15, 0.2) is 0 Å². The zero-order valence-electron chi connectivity index (χ0n) is 7.37. The molecule has 4 heteroatoms. The van der Waals surface area contributed by atoms with Gasteiger partial charge in [0.15, 0.2) is 0 Å². The Morgan fingerprint density at radius 2 is 2.33 bits per heavy atom. The van der Waals surface area contributed by atoms with Crippen molar-refractivity contribution in [3.63, 3.8) is 0 Å². The van der Waals surface area contributed by atoms with Crippen molar-refractivity contribution in [2.24, 2.45) is 0 Å². The van der Waals surface area contributed by atoms with Gasteiger partial charge >= 0.3 is 0 Å². The monoisotopic (exact) mass is 193 g/mol. The first-order valence-electron chi connectivity index (χ1n) is 4.34. The summed E-state index contributed by atoms with van der Waals surface area (Å²) in [5.74, 6) is 0. The first-order valence-corrected chi connectivity index (χ1v) is 4.86. The Labute approximate surface area is 78.5 Å². The molecule has 0 N–H and O–H groups in total. The average molecular weight is 193 g/mol. The lowest BCUT2D eigenvalue weighted by Gasteiger charge is -2.34. The molecule has 0 aromatic carbocycles. The summed E-state index contributed by atoms with van der Waals surface area (Å²) in [6.07, 6.45) is 0.382. The lowest BCUT2D eigenvalue weighted by atomic mass is 10.2. The number of hydrogen-bond acceptors (Lipinski definition) is 3. The molecule has 1 atom stereocenters. The highest BCUT2D eigenvalue weighted by Crippen LogP contribution is 2.11. The van der Waals surface area contributed by atoms with Gasteiger partial charge in [-0.05, 0) is 13.3 Å². The molecule has 1 saturated heterocycles. The number of likely N-dealkylation sites (tertiary alicyclic amines) is 1. The summed E-state index contributed by atoms with van der Waals surface area (Å²) in [4.78, 5) is 2.09. The maximum Gasteiger partial charge on any atom is 0.125 e. The molecule has 1 aliphatic heterocycles. The van der Waals surface area contributed by atoms with Gasteiger partial charge in [0, 0.05) is 26.2 Å². The van der Waals surface area contributed by atoms with Gasteiger partial charge in [-0.1, -0.05) is 0 Å². The van der Waals surface area contributed by atoms with Crippen molar-refractivity contribution in [2.45, 2.75) is 25.0 Å². The van der Waals surface area contributed by atoms with Gasteiger partial charge in [0.05, 0.1) is 5.44 Å². The van der Waals surface area contributed by atoms with Gasteiger partial charge in [-0.15, -0.1) is 12.6 Å². The third kappa shape index (κ3) is 3.74. The third-order valence-corrected chi connectivity index (χ3v) is 2.04. The van der Waals surface area contributed by atoms with Gasteiger partial charge in [-0.3, -0.25) is 4.90 Å². The number of hydrogen-bond donors (Lipinski definition) is 1. The maximum absolute atomic E-state index is 12.3. The molecule has 72 valence electrons. The second-order valence-electron chi connectivity index (χ2n) is 3.18. The molecule has 2 nitrogen and oxygen atoms in total. The highest BCUT2D eigenvalue weighted by atomic mass is 32.1. The molecule has 0 spiro atoms. The molecule has 1 aliphatic rings. The quantitative estimate of drug-likeness (QED) is 0.402. The first kappa shape index (κ1) is 10.3. The number of rotatable bonds is 5. The Balaban J connectivity index is 1.83. The van der Waals surface area contributed by atoms with E-state index in [9.17, 15) is 4.39 Å². The van der Waals surface area contributed by atoms with Crippen LogP contribution in [0.25, 0.3) is 0 Å². The van der Waals surface area contributed by atoms with Crippen molar-refractivity contribution >= 4 is 12.6 Å². The predicted molar refractivity (Wildman–Crippen MR) is 50.4 cm³/mol. The Morgan fingerprint density at radius 1 is 1.67 bits per heavy atom. The second-order valence-corrected chi connectivity index (χ2v) is 3.91. The van der Waals surface area contributed by atoms with Crippen LogP contribution < -0.4 is 0 Å². The number of halogens is 1. The highest BCUT2D eigenvalue weighted by molar-refractivity contribution is 7.80. The van der Waals surface area contributed by atoms with E-state index in [1.165, 1.54) is 0 Å². The molecule has 0 aromatic heterocycles. The molecule has 0 radical (unpaired) electrons. The zero-order chi connectivity index (χ0) is 8.97. The number of alkyl halides is 1. The summed E-state index contributed by atoms with van der Waals surface area (Å²) in [5, 5.41) is 0. The minimum absolute atomic E-state index is 0.00955. The van der Waals surface area contributed by atoms with Crippen molar-refractivity contribution in [1.82, 2.24) is 4.90 Å².